The van der Waals surface area contributed by atoms with Gasteiger partial charge in [-0.25, -0.2) is 13.8 Å². The van der Waals surface area contributed by atoms with Gasteiger partial charge in [0.15, 0.2) is 0 Å². The molecule has 1 aliphatic heterocycles. The summed E-state index contributed by atoms with van der Waals surface area (Å²) in [6.45, 7) is 7.34. The molecule has 2 heterocycles. The van der Waals surface area contributed by atoms with Crippen LogP contribution in [0.4, 0.5) is 20.4 Å². The smallest absolute Gasteiger partial charge is 0.255 e. The zero-order valence-corrected chi connectivity index (χ0v) is 17.0. The van der Waals surface area contributed by atoms with Crippen molar-refractivity contribution in [2.75, 3.05) is 49.7 Å². The maximum absolute atomic E-state index is 13.4. The Morgan fingerprint density at radius 2 is 1.86 bits per heavy atom. The van der Waals surface area contributed by atoms with Gasteiger partial charge in [-0.05, 0) is 43.2 Å². The number of halogens is 2. The van der Waals surface area contributed by atoms with Crippen LogP contribution in [0.5, 0.6) is 0 Å². The monoisotopic (exact) mass is 404 g/mol. The summed E-state index contributed by atoms with van der Waals surface area (Å²) in [7, 11) is 1.88. The topological polar surface area (TPSA) is 57.7 Å². The molecule has 0 aliphatic carbocycles. The Labute approximate surface area is 169 Å². The van der Waals surface area contributed by atoms with E-state index in [2.05, 4.69) is 10.2 Å². The molecular weight excluding hydrogens is 378 g/mol. The second-order valence-electron chi connectivity index (χ2n) is 7.07. The van der Waals surface area contributed by atoms with Gasteiger partial charge in [0, 0.05) is 39.3 Å². The molecule has 3 rings (SSSR count). The maximum Gasteiger partial charge on any atom is 0.255 e. The van der Waals surface area contributed by atoms with Gasteiger partial charge in [0.05, 0.1) is 18.8 Å². The number of anilines is 2. The summed E-state index contributed by atoms with van der Waals surface area (Å²) in [6.07, 6.45) is 0. The van der Waals surface area contributed by atoms with Gasteiger partial charge in [-0.1, -0.05) is 0 Å². The second kappa shape index (κ2) is 9.17. The van der Waals surface area contributed by atoms with E-state index in [4.69, 9.17) is 9.72 Å². The highest BCUT2D eigenvalue weighted by Crippen LogP contribution is 2.26. The van der Waals surface area contributed by atoms with Crippen molar-refractivity contribution >= 4 is 17.5 Å². The summed E-state index contributed by atoms with van der Waals surface area (Å²) in [5.74, 6) is -0.285. The molecule has 1 aliphatic rings. The van der Waals surface area contributed by atoms with E-state index in [0.29, 0.717) is 36.7 Å². The summed E-state index contributed by atoms with van der Waals surface area (Å²) in [6, 6.07) is 5.11. The predicted octanol–water partition coefficient (Wildman–Crippen LogP) is 2.89. The molecule has 1 aromatic carbocycles. The first-order valence-electron chi connectivity index (χ1n) is 9.67. The Bertz CT molecular complexity index is 865. The molecule has 0 unspecified atom stereocenters. The number of aromatic nitrogens is 1. The number of rotatable bonds is 6. The first-order chi connectivity index (χ1) is 13.9. The number of hydrogen-bond donors (Lipinski definition) is 1. The molecule has 0 spiro atoms. The first kappa shape index (κ1) is 21.0. The van der Waals surface area contributed by atoms with Gasteiger partial charge in [0.25, 0.3) is 5.91 Å². The second-order valence-corrected chi connectivity index (χ2v) is 7.07. The molecule has 0 radical (unpaired) electrons. The Hall–Kier alpha value is -2.74. The first-order valence-corrected chi connectivity index (χ1v) is 9.67. The van der Waals surface area contributed by atoms with Crippen molar-refractivity contribution in [1.29, 1.82) is 0 Å². The summed E-state index contributed by atoms with van der Waals surface area (Å²) in [4.78, 5) is 21.7. The minimum absolute atomic E-state index is 0.0213. The van der Waals surface area contributed by atoms with Crippen LogP contribution >= 0.6 is 0 Å². The fourth-order valence-corrected chi connectivity index (χ4v) is 3.28. The summed E-state index contributed by atoms with van der Waals surface area (Å²) < 4.78 is 32.2. The van der Waals surface area contributed by atoms with Crippen molar-refractivity contribution in [1.82, 2.24) is 10.3 Å². The quantitative estimate of drug-likeness (QED) is 0.802. The van der Waals surface area contributed by atoms with Crippen molar-refractivity contribution in [3.05, 3.63) is 52.6 Å². The SMILES string of the molecule is CCN(C)c1nc(N2CCOCC2)cc(C)c1C(=O)NCc1cc(F)cc(F)c1. The highest BCUT2D eigenvalue weighted by Gasteiger charge is 2.22. The highest BCUT2D eigenvalue weighted by atomic mass is 19.1. The van der Waals surface area contributed by atoms with Crippen LogP contribution in [0.3, 0.4) is 0 Å². The van der Waals surface area contributed by atoms with Crippen LogP contribution in [0, 0.1) is 18.6 Å². The molecule has 1 N–H and O–H groups in total. The molecule has 1 saturated heterocycles. The largest absolute Gasteiger partial charge is 0.378 e. The normalized spacial score (nSPS) is 14.0. The summed E-state index contributed by atoms with van der Waals surface area (Å²) in [5, 5.41) is 2.76. The third-order valence-electron chi connectivity index (χ3n) is 4.96. The molecule has 6 nitrogen and oxygen atoms in total. The Morgan fingerprint density at radius 1 is 1.21 bits per heavy atom. The average Bonchev–Trinajstić information content (AvgIpc) is 2.70. The van der Waals surface area contributed by atoms with E-state index >= 15 is 0 Å². The molecule has 0 saturated carbocycles. The molecular formula is C21H26F2N4O2. The molecule has 8 heteroatoms. The van der Waals surface area contributed by atoms with Crippen LogP contribution < -0.4 is 15.1 Å². The van der Waals surface area contributed by atoms with Crippen molar-refractivity contribution in [2.24, 2.45) is 0 Å². The lowest BCUT2D eigenvalue weighted by molar-refractivity contribution is 0.0950. The number of carbonyl (C=O) groups excluding carboxylic acids is 1. The van der Waals surface area contributed by atoms with Gasteiger partial charge in [-0.2, -0.15) is 0 Å². The highest BCUT2D eigenvalue weighted by molar-refractivity contribution is 6.00. The number of amides is 1. The molecule has 0 atom stereocenters. The van der Waals surface area contributed by atoms with Crippen molar-refractivity contribution in [2.45, 2.75) is 20.4 Å². The van der Waals surface area contributed by atoms with Gasteiger partial charge < -0.3 is 19.9 Å². The van der Waals surface area contributed by atoms with Crippen molar-refractivity contribution < 1.29 is 18.3 Å². The molecule has 0 bridgehead atoms. The Kier molecular flexibility index (Phi) is 6.64. The van der Waals surface area contributed by atoms with Crippen molar-refractivity contribution in [3.8, 4) is 0 Å². The molecule has 1 fully saturated rings. The number of morpholine rings is 1. The van der Waals surface area contributed by atoms with E-state index < -0.39 is 11.6 Å². The number of hydrogen-bond acceptors (Lipinski definition) is 5. The summed E-state index contributed by atoms with van der Waals surface area (Å²) >= 11 is 0. The van der Waals surface area contributed by atoms with Gasteiger partial charge >= 0.3 is 0 Å². The third-order valence-corrected chi connectivity index (χ3v) is 4.96. The number of ether oxygens (including phenoxy) is 1. The Balaban J connectivity index is 1.86. The Morgan fingerprint density at radius 3 is 2.48 bits per heavy atom. The molecule has 156 valence electrons. The van der Waals surface area contributed by atoms with Crippen LogP contribution in [-0.2, 0) is 11.3 Å². The van der Waals surface area contributed by atoms with Crippen LogP contribution in [0.15, 0.2) is 24.3 Å². The number of benzene rings is 1. The van der Waals surface area contributed by atoms with Crippen molar-refractivity contribution in [3.63, 3.8) is 0 Å². The standard InChI is InChI=1S/C21H26F2N4O2/c1-4-26(3)20-19(14(2)9-18(25-20)27-5-7-29-8-6-27)21(28)24-13-15-10-16(22)12-17(23)11-15/h9-12H,4-8,13H2,1-3H3,(H,24,28). The fourth-order valence-electron chi connectivity index (χ4n) is 3.28. The molecule has 1 aromatic heterocycles. The van der Waals surface area contributed by atoms with E-state index in [-0.39, 0.29) is 12.5 Å². The van der Waals surface area contributed by atoms with Gasteiger partial charge in [0.1, 0.15) is 23.3 Å². The number of nitrogens with one attached hydrogen (secondary N) is 1. The van der Waals surface area contributed by atoms with Gasteiger partial charge in [0.2, 0.25) is 0 Å². The van der Waals surface area contributed by atoms with E-state index in [1.54, 1.807) is 0 Å². The number of carbonyl (C=O) groups is 1. The minimum Gasteiger partial charge on any atom is -0.378 e. The number of aryl methyl sites for hydroxylation is 1. The van der Waals surface area contributed by atoms with E-state index in [1.165, 1.54) is 12.1 Å². The van der Waals surface area contributed by atoms with Crippen LogP contribution in [0.25, 0.3) is 0 Å². The van der Waals surface area contributed by atoms with E-state index in [0.717, 1.165) is 30.5 Å². The van der Waals surface area contributed by atoms with Gasteiger partial charge in [-0.3, -0.25) is 4.79 Å². The third kappa shape index (κ3) is 5.00. The minimum atomic E-state index is -0.673. The molecule has 1 amide bonds. The van der Waals surface area contributed by atoms with Crippen LogP contribution in [0.1, 0.15) is 28.4 Å². The number of pyridine rings is 1. The molecule has 2 aromatic rings. The van der Waals surface area contributed by atoms with Crippen LogP contribution in [-0.4, -0.2) is 50.8 Å². The van der Waals surface area contributed by atoms with Gasteiger partial charge in [-0.15, -0.1) is 0 Å². The zero-order chi connectivity index (χ0) is 21.0. The van der Waals surface area contributed by atoms with Crippen LogP contribution in [0.2, 0.25) is 0 Å². The summed E-state index contributed by atoms with van der Waals surface area (Å²) in [5.41, 5.74) is 1.61. The fraction of sp³-hybridized carbons (Fsp3) is 0.429. The lowest BCUT2D eigenvalue weighted by atomic mass is 10.1. The average molecular weight is 404 g/mol. The lowest BCUT2D eigenvalue weighted by Crippen LogP contribution is -2.37. The zero-order valence-electron chi connectivity index (χ0n) is 17.0. The lowest BCUT2D eigenvalue weighted by Gasteiger charge is -2.30. The number of nitrogens with zero attached hydrogens (tertiary/aromatic N) is 3. The maximum atomic E-state index is 13.4. The van der Waals surface area contributed by atoms with E-state index in [9.17, 15) is 13.6 Å². The van der Waals surface area contributed by atoms with E-state index in [1.807, 2.05) is 31.9 Å². The molecule has 29 heavy (non-hydrogen) atoms. The predicted molar refractivity (Wildman–Crippen MR) is 108 cm³/mol.